The summed E-state index contributed by atoms with van der Waals surface area (Å²) in [6.07, 6.45) is 12.8. The molecular weight excluding hydrogens is 270 g/mol. The van der Waals surface area contributed by atoms with E-state index >= 15 is 0 Å². The van der Waals surface area contributed by atoms with Gasteiger partial charge in [-0.15, -0.1) is 6.08 Å². The predicted octanol–water partition coefficient (Wildman–Crippen LogP) is 1.31. The Hall–Kier alpha value is -0.298. The molecule has 0 aliphatic heterocycles. The van der Waals surface area contributed by atoms with Crippen LogP contribution in [0.15, 0.2) is 17.7 Å². The summed E-state index contributed by atoms with van der Waals surface area (Å²) in [6.45, 7) is 0. The number of allylic oxidation sites excluding steroid dienone is 4. The van der Waals surface area contributed by atoms with Gasteiger partial charge in [-0.1, -0.05) is 6.42 Å². The fourth-order valence-electron chi connectivity index (χ4n) is 0.504. The summed E-state index contributed by atoms with van der Waals surface area (Å²) in [5, 5.41) is 0. The molecule has 0 spiro atoms. The summed E-state index contributed by atoms with van der Waals surface area (Å²) >= 11 is 0. The first kappa shape index (κ1) is 7.70. The van der Waals surface area contributed by atoms with Crippen LogP contribution >= 0.6 is 0 Å². The second kappa shape index (κ2) is 3.67. The average molecular weight is 275 g/mol. The average Bonchev–Trinajstić information content (AvgIpc) is 2.14. The topological polar surface area (TPSA) is 0 Å². The van der Waals surface area contributed by atoms with Gasteiger partial charge in [-0.05, 0) is 0 Å². The Morgan fingerprint density at radius 1 is 1.75 bits per heavy atom. The largest absolute Gasteiger partial charge is 0.237 e. The molecule has 0 aromatic rings. The maximum Gasteiger partial charge on any atom is 0 e. The molecule has 0 nitrogen and oxygen atoms in total. The van der Waals surface area contributed by atoms with Gasteiger partial charge in [0.05, 0.1) is 0 Å². The second-order valence-corrected chi connectivity index (χ2v) is 1.34. The first-order chi connectivity index (χ1) is 3.43. The molecule has 0 fully saturated rings. The van der Waals surface area contributed by atoms with Crippen molar-refractivity contribution in [2.24, 2.45) is 0 Å². The van der Waals surface area contributed by atoms with E-state index in [0.717, 1.165) is 12.0 Å². The van der Waals surface area contributed by atoms with E-state index in [2.05, 4.69) is 12.0 Å². The van der Waals surface area contributed by atoms with Gasteiger partial charge in [0.2, 0.25) is 0 Å². The Morgan fingerprint density at radius 3 is 2.75 bits per heavy atom. The van der Waals surface area contributed by atoms with Crippen LogP contribution in [0.25, 0.3) is 0 Å². The zero-order valence-corrected chi connectivity index (χ0v) is 7.03. The zero-order chi connectivity index (χ0) is 5.11. The summed E-state index contributed by atoms with van der Waals surface area (Å²) < 4.78 is 0. The van der Waals surface area contributed by atoms with Gasteiger partial charge in [0.25, 0.3) is 0 Å². The Morgan fingerprint density at radius 2 is 2.50 bits per heavy atom. The SMILES string of the molecule is C#CC1=[C-]CC=C1.[Re]. The van der Waals surface area contributed by atoms with Crippen molar-refractivity contribution in [2.75, 3.05) is 0 Å². The Labute approximate surface area is 63.3 Å². The standard InChI is InChI=1S/C7H5.Re/c1-2-7-5-3-4-6-7;/h1,3,5H,4H2;/q-1;. The summed E-state index contributed by atoms with van der Waals surface area (Å²) in [6, 6.07) is 0. The second-order valence-electron chi connectivity index (χ2n) is 1.34. The Balaban J connectivity index is 0.000000490. The minimum absolute atomic E-state index is 0. The van der Waals surface area contributed by atoms with Crippen molar-refractivity contribution in [3.05, 3.63) is 23.8 Å². The van der Waals surface area contributed by atoms with E-state index in [-0.39, 0.29) is 20.4 Å². The van der Waals surface area contributed by atoms with Crippen molar-refractivity contribution in [2.45, 2.75) is 6.42 Å². The van der Waals surface area contributed by atoms with Crippen molar-refractivity contribution >= 4 is 0 Å². The van der Waals surface area contributed by atoms with Crippen molar-refractivity contribution < 1.29 is 20.4 Å². The number of rotatable bonds is 0. The molecule has 41 valence electrons. The smallest absolute Gasteiger partial charge is 0 e. The molecule has 0 amide bonds. The number of terminal acetylenes is 1. The van der Waals surface area contributed by atoms with Crippen LogP contribution in [-0.4, -0.2) is 0 Å². The molecule has 0 heterocycles. The quantitative estimate of drug-likeness (QED) is 0.462. The minimum atomic E-state index is 0. The normalized spacial score (nSPS) is 14.1. The first-order valence-electron chi connectivity index (χ1n) is 2.17. The van der Waals surface area contributed by atoms with Gasteiger partial charge in [0.1, 0.15) is 0 Å². The van der Waals surface area contributed by atoms with Crippen LogP contribution in [0.3, 0.4) is 0 Å². The van der Waals surface area contributed by atoms with E-state index in [0.29, 0.717) is 0 Å². The molecule has 1 heteroatoms. The molecule has 1 radical (unpaired) electrons. The van der Waals surface area contributed by atoms with Crippen LogP contribution in [0, 0.1) is 18.4 Å². The van der Waals surface area contributed by atoms with Gasteiger partial charge in [0, 0.05) is 20.4 Å². The molecule has 0 saturated carbocycles. The van der Waals surface area contributed by atoms with Gasteiger partial charge < -0.3 is 0 Å². The van der Waals surface area contributed by atoms with Gasteiger partial charge >= 0.3 is 0 Å². The molecule has 0 atom stereocenters. The van der Waals surface area contributed by atoms with Gasteiger partial charge in [-0.2, -0.15) is 24.1 Å². The summed E-state index contributed by atoms with van der Waals surface area (Å²) in [5.74, 6) is 2.48. The van der Waals surface area contributed by atoms with Crippen LogP contribution in [0.2, 0.25) is 0 Å². The predicted molar refractivity (Wildman–Crippen MR) is 29.3 cm³/mol. The molecule has 0 unspecified atom stereocenters. The maximum absolute atomic E-state index is 5.03. The van der Waals surface area contributed by atoms with E-state index in [4.69, 9.17) is 6.42 Å². The summed E-state index contributed by atoms with van der Waals surface area (Å²) in [4.78, 5) is 0. The first-order valence-corrected chi connectivity index (χ1v) is 2.17. The molecule has 0 aromatic carbocycles. The van der Waals surface area contributed by atoms with Crippen LogP contribution in [-0.2, 0) is 20.4 Å². The molecule has 0 aromatic heterocycles. The monoisotopic (exact) mass is 276 g/mol. The van der Waals surface area contributed by atoms with E-state index in [1.807, 2.05) is 12.2 Å². The molecule has 1 aliphatic rings. The fraction of sp³-hybridized carbons (Fsp3) is 0.143. The number of hydrogen-bond donors (Lipinski definition) is 0. The molecule has 1 rings (SSSR count). The Bertz CT molecular complexity index is 158. The van der Waals surface area contributed by atoms with Gasteiger partial charge in [0.15, 0.2) is 0 Å². The van der Waals surface area contributed by atoms with Crippen LogP contribution in [0.5, 0.6) is 0 Å². The van der Waals surface area contributed by atoms with Crippen molar-refractivity contribution in [1.29, 1.82) is 0 Å². The van der Waals surface area contributed by atoms with E-state index in [1.54, 1.807) is 0 Å². The fourth-order valence-corrected chi connectivity index (χ4v) is 0.504. The van der Waals surface area contributed by atoms with Gasteiger partial charge in [-0.3, -0.25) is 0 Å². The van der Waals surface area contributed by atoms with Crippen molar-refractivity contribution in [3.63, 3.8) is 0 Å². The minimum Gasteiger partial charge on any atom is -0.237 e. The molecule has 1 aliphatic carbocycles. The molecular formula is C7H5Re-. The van der Waals surface area contributed by atoms with E-state index < -0.39 is 0 Å². The third-order valence-corrected chi connectivity index (χ3v) is 0.850. The van der Waals surface area contributed by atoms with Crippen LogP contribution in [0.4, 0.5) is 0 Å². The molecule has 0 bridgehead atoms. The summed E-state index contributed by atoms with van der Waals surface area (Å²) in [5.41, 5.74) is 0.889. The van der Waals surface area contributed by atoms with E-state index in [1.165, 1.54) is 0 Å². The third-order valence-electron chi connectivity index (χ3n) is 0.850. The molecule has 0 saturated heterocycles. The zero-order valence-electron chi connectivity index (χ0n) is 4.32. The van der Waals surface area contributed by atoms with Gasteiger partial charge in [-0.25, -0.2) is 5.92 Å². The molecule has 8 heavy (non-hydrogen) atoms. The van der Waals surface area contributed by atoms with Crippen LogP contribution < -0.4 is 0 Å². The van der Waals surface area contributed by atoms with E-state index in [9.17, 15) is 0 Å². The maximum atomic E-state index is 5.03. The number of hydrogen-bond acceptors (Lipinski definition) is 0. The van der Waals surface area contributed by atoms with Crippen LogP contribution in [0.1, 0.15) is 6.42 Å². The summed E-state index contributed by atoms with van der Waals surface area (Å²) in [7, 11) is 0. The van der Waals surface area contributed by atoms with Crippen molar-refractivity contribution in [3.8, 4) is 12.3 Å². The Kier molecular flexibility index (Phi) is 3.54. The third kappa shape index (κ3) is 1.66. The molecule has 0 N–H and O–H groups in total. The van der Waals surface area contributed by atoms with Crippen molar-refractivity contribution in [1.82, 2.24) is 0 Å².